The van der Waals surface area contributed by atoms with Gasteiger partial charge in [-0.25, -0.2) is 4.79 Å². The Morgan fingerprint density at radius 1 is 1.40 bits per heavy atom. The summed E-state index contributed by atoms with van der Waals surface area (Å²) in [5.41, 5.74) is 2.89. The molecule has 0 atom stereocenters. The Labute approximate surface area is 185 Å². The smallest absolute Gasteiger partial charge is 0.348 e. The van der Waals surface area contributed by atoms with E-state index in [0.29, 0.717) is 6.42 Å². The maximum Gasteiger partial charge on any atom is 0.348 e. The van der Waals surface area contributed by atoms with Gasteiger partial charge in [0.1, 0.15) is 11.6 Å². The predicted molar refractivity (Wildman–Crippen MR) is 93.0 cm³/mol. The number of rotatable bonds is 10. The summed E-state index contributed by atoms with van der Waals surface area (Å²) in [7, 11) is 0. The van der Waals surface area contributed by atoms with Crippen molar-refractivity contribution in [1.82, 2.24) is 9.88 Å². The molecule has 0 saturated heterocycles. The van der Waals surface area contributed by atoms with Crippen molar-refractivity contribution in [2.75, 3.05) is 26.3 Å². The summed E-state index contributed by atoms with van der Waals surface area (Å²) in [5, 5.41) is 18.3. The predicted octanol–water partition coefficient (Wildman–Crippen LogP) is 2.25. The number of aliphatic hydroxyl groups is 1. The molecule has 1 rings (SSSR count). The van der Waals surface area contributed by atoms with Gasteiger partial charge in [0.2, 0.25) is 0 Å². The van der Waals surface area contributed by atoms with Crippen LogP contribution in [0.25, 0.3) is 6.08 Å². The van der Waals surface area contributed by atoms with Crippen molar-refractivity contribution in [3.8, 4) is 6.07 Å². The van der Waals surface area contributed by atoms with Gasteiger partial charge in [-0.15, -0.1) is 0 Å². The number of aromatic nitrogens is 1. The molecule has 0 spiro atoms. The molecule has 6 nitrogen and oxygen atoms in total. The second-order valence-electron chi connectivity index (χ2n) is 5.38. The Morgan fingerprint density at radius 3 is 2.60 bits per heavy atom. The van der Waals surface area contributed by atoms with Crippen LogP contribution in [0.1, 0.15) is 44.0 Å². The average molecular weight is 560 g/mol. The van der Waals surface area contributed by atoms with Crippen LogP contribution in [-0.4, -0.2) is 47.3 Å². The summed E-state index contributed by atoms with van der Waals surface area (Å²) in [5.74, 6) is -0.611. The van der Waals surface area contributed by atoms with E-state index in [1.807, 2.05) is 12.3 Å². The first-order chi connectivity index (χ1) is 11.6. The molecule has 0 aliphatic rings. The van der Waals surface area contributed by atoms with Crippen molar-refractivity contribution >= 4 is 12.0 Å². The summed E-state index contributed by atoms with van der Waals surface area (Å²) in [6.45, 7) is 8.81. The molecule has 0 unspecified atom stereocenters. The molecular weight excluding hydrogens is 533 g/mol. The van der Waals surface area contributed by atoms with E-state index in [1.165, 1.54) is 0 Å². The zero-order chi connectivity index (χ0) is 17.9. The van der Waals surface area contributed by atoms with Crippen LogP contribution < -0.4 is 0 Å². The van der Waals surface area contributed by atoms with Crippen LogP contribution in [-0.2, 0) is 22.5 Å². The average Bonchev–Trinajstić information content (AvgIpc) is 2.96. The number of esters is 1. The minimum atomic E-state index is -0.611. The Balaban J connectivity index is 0.00000576. The second-order valence-corrected chi connectivity index (χ2v) is 5.38. The third-order valence-electron chi connectivity index (χ3n) is 3.90. The molecule has 0 fully saturated rings. The number of aromatic amines is 1. The number of nitrogens with one attached hydrogen (secondary N) is 1. The Morgan fingerprint density at radius 2 is 2.08 bits per heavy atom. The summed E-state index contributed by atoms with van der Waals surface area (Å²) < 4.78 is 4.92. The minimum absolute atomic E-state index is 0. The number of hydrogen-bond acceptors (Lipinski definition) is 5. The van der Waals surface area contributed by atoms with Crippen molar-refractivity contribution in [2.45, 2.75) is 40.2 Å². The van der Waals surface area contributed by atoms with Crippen LogP contribution in [0.15, 0.2) is 11.8 Å². The van der Waals surface area contributed by atoms with Gasteiger partial charge in [-0.05, 0) is 50.1 Å². The van der Waals surface area contributed by atoms with Crippen molar-refractivity contribution in [2.24, 2.45) is 0 Å². The van der Waals surface area contributed by atoms with Gasteiger partial charge in [0.15, 0.2) is 0 Å². The van der Waals surface area contributed by atoms with Gasteiger partial charge in [-0.2, -0.15) is 5.26 Å². The van der Waals surface area contributed by atoms with Crippen molar-refractivity contribution < 1.29 is 58.7 Å². The molecule has 7 heteroatoms. The molecule has 0 bridgehead atoms. The molecule has 0 amide bonds. The van der Waals surface area contributed by atoms with Crippen LogP contribution in [0.4, 0.5) is 0 Å². The SMILES string of the molecule is CCOC(=O)/C(C#N)=C/c1[nH]cc(CCCO)c1CN(CC)CC.[Ac]. The molecule has 1 aromatic heterocycles. The number of carbonyl (C=O) groups is 1. The molecule has 0 saturated carbocycles. The second kappa shape index (κ2) is 13.5. The van der Waals surface area contributed by atoms with Crippen LogP contribution in [0.5, 0.6) is 0 Å². The normalized spacial score (nSPS) is 11.1. The maximum atomic E-state index is 11.8. The molecular formula is C18H27AcN3O3. The van der Waals surface area contributed by atoms with Gasteiger partial charge < -0.3 is 14.8 Å². The van der Waals surface area contributed by atoms with Crippen molar-refractivity contribution in [3.63, 3.8) is 0 Å². The Kier molecular flexibility index (Phi) is 13.2. The van der Waals surface area contributed by atoms with Crippen molar-refractivity contribution in [3.05, 3.63) is 28.6 Å². The number of aryl methyl sites for hydroxylation is 1. The van der Waals surface area contributed by atoms with Crippen molar-refractivity contribution in [1.29, 1.82) is 5.26 Å². The van der Waals surface area contributed by atoms with Gasteiger partial charge in [0.25, 0.3) is 0 Å². The largest absolute Gasteiger partial charge is 0.462 e. The zero-order valence-electron chi connectivity index (χ0n) is 15.3. The number of carbonyl (C=O) groups excluding carboxylic acids is 1. The molecule has 2 N–H and O–H groups in total. The summed E-state index contributed by atoms with van der Waals surface area (Å²) in [6.07, 6.45) is 4.87. The minimum Gasteiger partial charge on any atom is -0.462 e. The van der Waals surface area contributed by atoms with E-state index in [0.717, 1.165) is 42.9 Å². The molecule has 1 heterocycles. The molecule has 0 aliphatic carbocycles. The quantitative estimate of drug-likeness (QED) is 0.261. The first-order valence-electron chi connectivity index (χ1n) is 8.42. The topological polar surface area (TPSA) is 89.3 Å². The number of nitriles is 1. The molecule has 0 aromatic carbocycles. The fourth-order valence-electron chi connectivity index (χ4n) is 2.48. The molecule has 1 radical (unpaired) electrons. The van der Waals surface area contributed by atoms with E-state index in [1.54, 1.807) is 13.0 Å². The molecule has 0 aliphatic heterocycles. The monoisotopic (exact) mass is 560 g/mol. The van der Waals surface area contributed by atoms with Gasteiger partial charge in [0, 0.05) is 69.1 Å². The Hall–Kier alpha value is -0.658. The third kappa shape index (κ3) is 7.62. The number of ether oxygens (including phenoxy) is 1. The van der Waals surface area contributed by atoms with E-state index in [2.05, 4.69) is 23.7 Å². The maximum absolute atomic E-state index is 11.8. The summed E-state index contributed by atoms with van der Waals surface area (Å²) in [6, 6.07) is 1.91. The van der Waals surface area contributed by atoms with Gasteiger partial charge in [0.05, 0.1) is 6.61 Å². The zero-order valence-corrected chi connectivity index (χ0v) is 20.1. The fraction of sp³-hybridized carbons (Fsp3) is 0.556. The van der Waals surface area contributed by atoms with E-state index in [4.69, 9.17) is 9.84 Å². The standard InChI is InChI=1S/C18H27N3O3.Ac/c1-4-21(5-2)13-16-14(8-7-9-22)12-20-17(16)10-15(11-19)18(23)24-6-3;/h10,12,20,22H,4-9,13H2,1-3H3;/b15-10+;. The van der Waals surface area contributed by atoms with E-state index in [9.17, 15) is 10.1 Å². The third-order valence-corrected chi connectivity index (χ3v) is 3.90. The number of hydrogen-bond donors (Lipinski definition) is 2. The molecule has 25 heavy (non-hydrogen) atoms. The van der Waals surface area contributed by atoms with Crippen LogP contribution in [0, 0.1) is 55.4 Å². The number of H-pyrrole nitrogens is 1. The fourth-order valence-corrected chi connectivity index (χ4v) is 2.48. The van der Waals surface area contributed by atoms with Gasteiger partial charge in [-0.1, -0.05) is 13.8 Å². The summed E-state index contributed by atoms with van der Waals surface area (Å²) in [4.78, 5) is 17.3. The first-order valence-corrected chi connectivity index (χ1v) is 8.42. The summed E-state index contributed by atoms with van der Waals surface area (Å²) >= 11 is 0. The first kappa shape index (κ1) is 24.3. The number of nitrogens with zero attached hydrogens (tertiary/aromatic N) is 2. The molecule has 1 aromatic rings. The van der Waals surface area contributed by atoms with Crippen LogP contribution in [0.2, 0.25) is 0 Å². The van der Waals surface area contributed by atoms with E-state index >= 15 is 0 Å². The van der Waals surface area contributed by atoms with E-state index in [-0.39, 0.29) is 62.8 Å². The van der Waals surface area contributed by atoms with E-state index < -0.39 is 5.97 Å². The van der Waals surface area contributed by atoms with Crippen LogP contribution in [0.3, 0.4) is 0 Å². The molecule has 135 valence electrons. The van der Waals surface area contributed by atoms with Crippen LogP contribution >= 0.6 is 0 Å². The van der Waals surface area contributed by atoms with Gasteiger partial charge in [-0.3, -0.25) is 4.90 Å². The van der Waals surface area contributed by atoms with Gasteiger partial charge >= 0.3 is 5.97 Å². The number of aliphatic hydroxyl groups excluding tert-OH is 1. The Bertz CT molecular complexity index is 601.